The molecule has 0 saturated heterocycles. The third kappa shape index (κ3) is 5.48. The molecule has 0 fully saturated rings. The molecule has 0 aliphatic carbocycles. The van der Waals surface area contributed by atoms with Crippen molar-refractivity contribution in [3.63, 3.8) is 0 Å². The van der Waals surface area contributed by atoms with Crippen LogP contribution in [0.4, 0.5) is 0 Å². The Bertz CT molecular complexity index is 1350. The summed E-state index contributed by atoms with van der Waals surface area (Å²) in [4.78, 5) is 23.1. The molecule has 0 radical (unpaired) electrons. The van der Waals surface area contributed by atoms with Gasteiger partial charge in [-0.3, -0.25) is 4.79 Å². The van der Waals surface area contributed by atoms with Crippen LogP contribution in [-0.4, -0.2) is 17.4 Å². The second kappa shape index (κ2) is 10.5. The SMILES string of the molecule is Cc1cccc(-c2ccc(-c3ccc(OCc4ccccc4)cc3/C=C/C(=O)O)cc2C=O)c1. The van der Waals surface area contributed by atoms with Crippen molar-refractivity contribution < 1.29 is 19.4 Å². The monoisotopic (exact) mass is 448 g/mol. The maximum atomic E-state index is 11.9. The molecule has 168 valence electrons. The van der Waals surface area contributed by atoms with Gasteiger partial charge < -0.3 is 9.84 Å². The second-order valence-corrected chi connectivity index (χ2v) is 7.98. The number of aliphatic carboxylic acids is 1. The van der Waals surface area contributed by atoms with Gasteiger partial charge in [-0.25, -0.2) is 4.79 Å². The number of aryl methyl sites for hydroxylation is 1. The number of hydrogen-bond acceptors (Lipinski definition) is 3. The Morgan fingerprint density at radius 1 is 0.824 bits per heavy atom. The second-order valence-electron chi connectivity index (χ2n) is 7.98. The van der Waals surface area contributed by atoms with Crippen LogP contribution in [0.15, 0.2) is 97.1 Å². The normalized spacial score (nSPS) is 10.9. The van der Waals surface area contributed by atoms with E-state index in [1.807, 2.05) is 97.9 Å². The van der Waals surface area contributed by atoms with Gasteiger partial charge in [0.25, 0.3) is 0 Å². The lowest BCUT2D eigenvalue weighted by Gasteiger charge is -2.13. The molecular weight excluding hydrogens is 424 g/mol. The van der Waals surface area contributed by atoms with Gasteiger partial charge in [0.15, 0.2) is 6.29 Å². The first kappa shape index (κ1) is 22.7. The summed E-state index contributed by atoms with van der Waals surface area (Å²) in [6, 6.07) is 29.1. The number of benzene rings is 4. The lowest BCUT2D eigenvalue weighted by molar-refractivity contribution is -0.131. The Labute approximate surface area is 198 Å². The van der Waals surface area contributed by atoms with E-state index >= 15 is 0 Å². The lowest BCUT2D eigenvalue weighted by Crippen LogP contribution is -1.96. The third-order valence-corrected chi connectivity index (χ3v) is 5.50. The molecule has 0 amide bonds. The fourth-order valence-electron chi connectivity index (χ4n) is 3.84. The smallest absolute Gasteiger partial charge is 0.328 e. The molecular formula is C30H24O4. The molecule has 4 nitrogen and oxygen atoms in total. The summed E-state index contributed by atoms with van der Waals surface area (Å²) in [5, 5.41) is 9.16. The highest BCUT2D eigenvalue weighted by Gasteiger charge is 2.11. The van der Waals surface area contributed by atoms with Crippen molar-refractivity contribution in [2.24, 2.45) is 0 Å². The summed E-state index contributed by atoms with van der Waals surface area (Å²) in [5.41, 5.74) is 6.87. The molecule has 1 N–H and O–H groups in total. The van der Waals surface area contributed by atoms with E-state index < -0.39 is 5.97 Å². The van der Waals surface area contributed by atoms with Gasteiger partial charge in [0.1, 0.15) is 12.4 Å². The van der Waals surface area contributed by atoms with Crippen molar-refractivity contribution in [1.29, 1.82) is 0 Å². The molecule has 0 saturated carbocycles. The van der Waals surface area contributed by atoms with Crippen LogP contribution in [0.5, 0.6) is 5.75 Å². The highest BCUT2D eigenvalue weighted by Crippen LogP contribution is 2.33. The van der Waals surface area contributed by atoms with Crippen LogP contribution >= 0.6 is 0 Å². The molecule has 0 bridgehead atoms. The number of carboxylic acid groups (broad SMARTS) is 1. The van der Waals surface area contributed by atoms with E-state index in [1.54, 1.807) is 6.08 Å². The Hall–Kier alpha value is -4.44. The summed E-state index contributed by atoms with van der Waals surface area (Å²) in [7, 11) is 0. The maximum Gasteiger partial charge on any atom is 0.328 e. The summed E-state index contributed by atoms with van der Waals surface area (Å²) < 4.78 is 5.93. The summed E-state index contributed by atoms with van der Waals surface area (Å²) >= 11 is 0. The fraction of sp³-hybridized carbons (Fsp3) is 0.0667. The zero-order valence-electron chi connectivity index (χ0n) is 18.8. The van der Waals surface area contributed by atoms with Gasteiger partial charge in [0.05, 0.1) is 0 Å². The van der Waals surface area contributed by atoms with Crippen LogP contribution in [0, 0.1) is 6.92 Å². The molecule has 0 aliphatic heterocycles. The lowest BCUT2D eigenvalue weighted by atomic mass is 9.92. The van der Waals surface area contributed by atoms with Gasteiger partial charge in [0, 0.05) is 11.6 Å². The van der Waals surface area contributed by atoms with Crippen molar-refractivity contribution in [2.75, 3.05) is 0 Å². The van der Waals surface area contributed by atoms with E-state index in [1.165, 1.54) is 0 Å². The zero-order chi connectivity index (χ0) is 23.9. The Kier molecular flexibility index (Phi) is 6.99. The van der Waals surface area contributed by atoms with Gasteiger partial charge in [-0.2, -0.15) is 0 Å². The van der Waals surface area contributed by atoms with E-state index in [0.29, 0.717) is 23.5 Å². The number of rotatable bonds is 8. The van der Waals surface area contributed by atoms with Crippen molar-refractivity contribution in [3.8, 4) is 28.0 Å². The summed E-state index contributed by atoms with van der Waals surface area (Å²) in [6.07, 6.45) is 3.49. The zero-order valence-corrected chi connectivity index (χ0v) is 18.8. The van der Waals surface area contributed by atoms with Crippen LogP contribution in [0.25, 0.3) is 28.3 Å². The molecule has 34 heavy (non-hydrogen) atoms. The Morgan fingerprint density at radius 2 is 1.56 bits per heavy atom. The average molecular weight is 449 g/mol. The van der Waals surface area contributed by atoms with Crippen LogP contribution in [0.2, 0.25) is 0 Å². The van der Waals surface area contributed by atoms with Crippen molar-refractivity contribution in [2.45, 2.75) is 13.5 Å². The van der Waals surface area contributed by atoms with Gasteiger partial charge in [-0.1, -0.05) is 78.4 Å². The maximum absolute atomic E-state index is 11.9. The average Bonchev–Trinajstić information content (AvgIpc) is 2.86. The van der Waals surface area contributed by atoms with Gasteiger partial charge >= 0.3 is 5.97 Å². The first-order valence-corrected chi connectivity index (χ1v) is 10.9. The largest absolute Gasteiger partial charge is 0.489 e. The van der Waals surface area contributed by atoms with Gasteiger partial charge in [-0.05, 0) is 64.6 Å². The van der Waals surface area contributed by atoms with Crippen LogP contribution < -0.4 is 4.74 Å². The van der Waals surface area contributed by atoms with E-state index in [0.717, 1.165) is 45.7 Å². The molecule has 0 heterocycles. The van der Waals surface area contributed by atoms with Crippen molar-refractivity contribution >= 4 is 18.3 Å². The van der Waals surface area contributed by atoms with E-state index in [9.17, 15) is 9.59 Å². The molecule has 4 heteroatoms. The minimum atomic E-state index is -1.04. The Morgan fingerprint density at radius 3 is 2.29 bits per heavy atom. The summed E-state index contributed by atoms with van der Waals surface area (Å²) in [6.45, 7) is 2.42. The number of carbonyl (C=O) groups is 2. The third-order valence-electron chi connectivity index (χ3n) is 5.50. The molecule has 4 rings (SSSR count). The minimum absolute atomic E-state index is 0.406. The topological polar surface area (TPSA) is 63.6 Å². The van der Waals surface area contributed by atoms with E-state index in [2.05, 4.69) is 0 Å². The van der Waals surface area contributed by atoms with E-state index in [-0.39, 0.29) is 0 Å². The highest BCUT2D eigenvalue weighted by molar-refractivity contribution is 5.92. The fourth-order valence-corrected chi connectivity index (χ4v) is 3.84. The predicted octanol–water partition coefficient (Wildman–Crippen LogP) is 6.82. The number of carboxylic acids is 1. The molecule has 0 atom stereocenters. The molecule has 4 aromatic rings. The molecule has 0 unspecified atom stereocenters. The van der Waals surface area contributed by atoms with E-state index in [4.69, 9.17) is 9.84 Å². The van der Waals surface area contributed by atoms with Gasteiger partial charge in [-0.15, -0.1) is 0 Å². The Balaban J connectivity index is 1.70. The number of hydrogen-bond donors (Lipinski definition) is 1. The number of aldehydes is 1. The quantitative estimate of drug-likeness (QED) is 0.237. The van der Waals surface area contributed by atoms with Crippen LogP contribution in [0.3, 0.4) is 0 Å². The van der Waals surface area contributed by atoms with Crippen LogP contribution in [0.1, 0.15) is 27.0 Å². The van der Waals surface area contributed by atoms with Crippen molar-refractivity contribution in [1.82, 2.24) is 0 Å². The predicted molar refractivity (Wildman–Crippen MR) is 135 cm³/mol. The van der Waals surface area contributed by atoms with Crippen LogP contribution in [-0.2, 0) is 11.4 Å². The van der Waals surface area contributed by atoms with Crippen molar-refractivity contribution in [3.05, 3.63) is 119 Å². The number of ether oxygens (including phenoxy) is 1. The first-order chi connectivity index (χ1) is 16.5. The number of carbonyl (C=O) groups excluding carboxylic acids is 1. The minimum Gasteiger partial charge on any atom is -0.489 e. The standard InChI is InChI=1S/C30H24O4/c1-21-6-5-9-23(16-21)29-13-10-24(17-26(29)19-31)28-14-12-27(18-25(28)11-15-30(32)33)34-20-22-7-3-2-4-8-22/h2-19H,20H2,1H3,(H,32,33)/b15-11+. The molecule has 4 aromatic carbocycles. The highest BCUT2D eigenvalue weighted by atomic mass is 16.5. The first-order valence-electron chi connectivity index (χ1n) is 10.9. The summed E-state index contributed by atoms with van der Waals surface area (Å²) in [5.74, 6) is -0.408. The molecule has 0 spiro atoms. The molecule has 0 aromatic heterocycles. The van der Waals surface area contributed by atoms with Gasteiger partial charge in [0.2, 0.25) is 0 Å². The molecule has 0 aliphatic rings.